The Bertz CT molecular complexity index is 1180. The molecule has 1 saturated heterocycles. The molecule has 33 heavy (non-hydrogen) atoms. The largest absolute Gasteiger partial charge is 0.481 e. The number of hydrogen-bond acceptors (Lipinski definition) is 4. The lowest BCUT2D eigenvalue weighted by Gasteiger charge is -2.22. The minimum absolute atomic E-state index is 0.0752. The van der Waals surface area contributed by atoms with Crippen LogP contribution in [-0.2, 0) is 22.5 Å². The van der Waals surface area contributed by atoms with Crippen molar-refractivity contribution >= 4 is 28.0 Å². The third kappa shape index (κ3) is 5.20. The van der Waals surface area contributed by atoms with Gasteiger partial charge in [0.05, 0.1) is 19.0 Å². The number of benzene rings is 3. The predicted octanol–water partition coefficient (Wildman–Crippen LogP) is 6.26. The minimum atomic E-state index is -0.894. The molecule has 3 aromatic carbocycles. The Hall–Kier alpha value is -3.32. The maximum atomic E-state index is 12.7. The number of hydrogen-bond donors (Lipinski definition) is 1. The first-order valence-corrected chi connectivity index (χ1v) is 11.4. The van der Waals surface area contributed by atoms with Gasteiger partial charge in [-0.1, -0.05) is 52.3 Å². The number of carboxylic acids is 1. The van der Waals surface area contributed by atoms with Crippen molar-refractivity contribution in [2.75, 3.05) is 0 Å². The highest BCUT2D eigenvalue weighted by Crippen LogP contribution is 2.36. The zero-order chi connectivity index (χ0) is 23.5. The molecule has 2 atom stereocenters. The van der Waals surface area contributed by atoms with E-state index >= 15 is 0 Å². The summed E-state index contributed by atoms with van der Waals surface area (Å²) in [7, 11) is 0. The lowest BCUT2D eigenvalue weighted by Crippen LogP contribution is -2.31. The van der Waals surface area contributed by atoms with E-state index in [1.54, 1.807) is 11.0 Å². The quantitative estimate of drug-likeness (QED) is 0.406. The van der Waals surface area contributed by atoms with E-state index in [-0.39, 0.29) is 24.7 Å². The first kappa shape index (κ1) is 22.9. The lowest BCUT2D eigenvalue weighted by atomic mass is 10.0. The molecule has 0 radical (unpaired) electrons. The summed E-state index contributed by atoms with van der Waals surface area (Å²) in [6.45, 7) is 4.15. The molecule has 1 amide bonds. The number of nitrogens with zero attached hydrogens (tertiary/aromatic N) is 1. The average molecular weight is 510 g/mol. The van der Waals surface area contributed by atoms with Gasteiger partial charge in [-0.15, -0.1) is 0 Å². The summed E-state index contributed by atoms with van der Waals surface area (Å²) in [4.78, 5) is 25.6. The molecule has 0 bridgehead atoms. The molecule has 7 heteroatoms. The number of carbonyl (C=O) groups excluding carboxylic acids is 1. The number of carbonyl (C=O) groups is 2. The maximum absolute atomic E-state index is 12.7. The van der Waals surface area contributed by atoms with Crippen molar-refractivity contribution in [2.24, 2.45) is 0 Å². The highest BCUT2D eigenvalue weighted by atomic mass is 79.9. The second kappa shape index (κ2) is 9.67. The molecule has 0 saturated carbocycles. The molecule has 1 fully saturated rings. The molecule has 1 aliphatic heterocycles. The number of cyclic esters (lactones) is 1. The van der Waals surface area contributed by atoms with Crippen LogP contribution in [0.1, 0.15) is 35.3 Å². The third-order valence-electron chi connectivity index (χ3n) is 5.77. The summed E-state index contributed by atoms with van der Waals surface area (Å²) < 4.78 is 12.7. The van der Waals surface area contributed by atoms with Crippen molar-refractivity contribution in [2.45, 2.75) is 39.0 Å². The van der Waals surface area contributed by atoms with E-state index in [1.165, 1.54) is 0 Å². The van der Waals surface area contributed by atoms with Crippen LogP contribution in [0.25, 0.3) is 0 Å². The van der Waals surface area contributed by atoms with Gasteiger partial charge >= 0.3 is 12.1 Å². The van der Waals surface area contributed by atoms with Gasteiger partial charge in [0.25, 0.3) is 0 Å². The summed E-state index contributed by atoms with van der Waals surface area (Å²) in [5.74, 6) is 0.236. The van der Waals surface area contributed by atoms with Gasteiger partial charge in [-0.2, -0.15) is 0 Å². The van der Waals surface area contributed by atoms with E-state index in [2.05, 4.69) is 15.9 Å². The van der Waals surface area contributed by atoms with Gasteiger partial charge in [-0.05, 0) is 60.9 Å². The van der Waals surface area contributed by atoms with Crippen molar-refractivity contribution in [3.63, 3.8) is 0 Å². The summed E-state index contributed by atoms with van der Waals surface area (Å²) in [6.07, 6.45) is -0.791. The number of rotatable bonds is 7. The monoisotopic (exact) mass is 509 g/mol. The predicted molar refractivity (Wildman–Crippen MR) is 127 cm³/mol. The van der Waals surface area contributed by atoms with Gasteiger partial charge in [0, 0.05) is 10.0 Å². The van der Waals surface area contributed by atoms with Crippen LogP contribution in [0, 0.1) is 6.92 Å². The molecule has 0 aromatic heterocycles. The molecule has 6 nitrogen and oxygen atoms in total. The zero-order valence-electron chi connectivity index (χ0n) is 18.3. The van der Waals surface area contributed by atoms with E-state index in [9.17, 15) is 9.59 Å². The number of ether oxygens (including phenoxy) is 2. The van der Waals surface area contributed by atoms with Gasteiger partial charge in [0.2, 0.25) is 0 Å². The Morgan fingerprint density at radius 3 is 2.58 bits per heavy atom. The topological polar surface area (TPSA) is 76.1 Å². The summed E-state index contributed by atoms with van der Waals surface area (Å²) in [5, 5.41) is 9.16. The number of carboxylic acid groups (broad SMARTS) is 1. The summed E-state index contributed by atoms with van der Waals surface area (Å²) >= 11 is 3.50. The number of aliphatic carboxylic acids is 1. The van der Waals surface area contributed by atoms with E-state index in [0.717, 1.165) is 21.2 Å². The van der Waals surface area contributed by atoms with Crippen molar-refractivity contribution in [1.82, 2.24) is 4.90 Å². The molecule has 0 spiro atoms. The SMILES string of the molecule is Cc1ccc(Oc2ccc(Br)cc2CN2C(=O)O[C@@H](c3ccccc3)[C@H]2C)cc1CC(=O)O. The minimum Gasteiger partial charge on any atom is -0.481 e. The Morgan fingerprint density at radius 1 is 1.09 bits per heavy atom. The standard InChI is InChI=1S/C26H24BrNO5/c1-16-8-10-22(13-19(16)14-24(29)30)32-23-11-9-21(27)12-20(23)15-28-17(2)25(33-26(28)31)18-6-4-3-5-7-18/h3-13,17,25H,14-15H2,1-2H3,(H,29,30)/t17-,25-/m1/s1. The Kier molecular flexibility index (Phi) is 6.70. The normalized spacial score (nSPS) is 17.7. The Morgan fingerprint density at radius 2 is 1.85 bits per heavy atom. The summed E-state index contributed by atoms with van der Waals surface area (Å²) in [6, 6.07) is 20.6. The van der Waals surface area contributed by atoms with Crippen molar-refractivity contribution < 1.29 is 24.2 Å². The van der Waals surface area contributed by atoms with E-state index < -0.39 is 5.97 Å². The van der Waals surface area contributed by atoms with Crippen LogP contribution >= 0.6 is 15.9 Å². The van der Waals surface area contributed by atoms with Crippen LogP contribution in [-0.4, -0.2) is 28.1 Å². The number of aryl methyl sites for hydroxylation is 1. The Balaban J connectivity index is 1.58. The molecule has 0 aliphatic carbocycles. The fraction of sp³-hybridized carbons (Fsp3) is 0.231. The molecule has 4 rings (SSSR count). The van der Waals surface area contributed by atoms with Crippen LogP contribution in [0.5, 0.6) is 11.5 Å². The molecule has 170 valence electrons. The fourth-order valence-corrected chi connectivity index (χ4v) is 4.36. The van der Waals surface area contributed by atoms with Gasteiger partial charge in [0.15, 0.2) is 0 Å². The van der Waals surface area contributed by atoms with Crippen molar-refractivity contribution in [3.8, 4) is 11.5 Å². The second-order valence-corrected chi connectivity index (χ2v) is 9.01. The number of halogens is 1. The molecule has 1 N–H and O–H groups in total. The van der Waals surface area contributed by atoms with Crippen LogP contribution < -0.4 is 4.74 Å². The number of amides is 1. The summed E-state index contributed by atoms with van der Waals surface area (Å²) in [5.41, 5.74) is 3.35. The van der Waals surface area contributed by atoms with Crippen molar-refractivity contribution in [3.05, 3.63) is 93.5 Å². The van der Waals surface area contributed by atoms with Crippen LogP contribution in [0.4, 0.5) is 4.79 Å². The fourth-order valence-electron chi connectivity index (χ4n) is 3.95. The van der Waals surface area contributed by atoms with E-state index in [0.29, 0.717) is 23.6 Å². The van der Waals surface area contributed by atoms with Gasteiger partial charge in [-0.25, -0.2) is 4.79 Å². The van der Waals surface area contributed by atoms with Crippen LogP contribution in [0.2, 0.25) is 0 Å². The molecular weight excluding hydrogens is 486 g/mol. The highest BCUT2D eigenvalue weighted by molar-refractivity contribution is 9.10. The lowest BCUT2D eigenvalue weighted by molar-refractivity contribution is -0.136. The highest BCUT2D eigenvalue weighted by Gasteiger charge is 2.39. The molecule has 3 aromatic rings. The van der Waals surface area contributed by atoms with E-state index in [1.807, 2.05) is 74.5 Å². The van der Waals surface area contributed by atoms with Crippen molar-refractivity contribution in [1.29, 1.82) is 0 Å². The van der Waals surface area contributed by atoms with Crippen LogP contribution in [0.3, 0.4) is 0 Å². The maximum Gasteiger partial charge on any atom is 0.411 e. The molecular formula is C26H24BrNO5. The molecule has 1 heterocycles. The zero-order valence-corrected chi connectivity index (χ0v) is 19.9. The van der Waals surface area contributed by atoms with Gasteiger partial charge < -0.3 is 14.6 Å². The Labute approximate surface area is 200 Å². The smallest absolute Gasteiger partial charge is 0.411 e. The first-order chi connectivity index (χ1) is 15.8. The average Bonchev–Trinajstić information content (AvgIpc) is 3.06. The first-order valence-electron chi connectivity index (χ1n) is 10.6. The second-order valence-electron chi connectivity index (χ2n) is 8.10. The van der Waals surface area contributed by atoms with E-state index in [4.69, 9.17) is 14.6 Å². The molecule has 1 aliphatic rings. The van der Waals surface area contributed by atoms with Gasteiger partial charge in [0.1, 0.15) is 17.6 Å². The molecule has 0 unspecified atom stereocenters. The van der Waals surface area contributed by atoms with Crippen LogP contribution in [0.15, 0.2) is 71.2 Å². The third-order valence-corrected chi connectivity index (χ3v) is 6.27. The van der Waals surface area contributed by atoms with Gasteiger partial charge in [-0.3, -0.25) is 9.69 Å².